The zero-order chi connectivity index (χ0) is 21.6. The average Bonchev–Trinajstić information content (AvgIpc) is 2.75. The summed E-state index contributed by atoms with van der Waals surface area (Å²) in [6.45, 7) is 0. The number of nitriles is 1. The third-order valence-corrected chi connectivity index (χ3v) is 6.99. The molecule has 0 amide bonds. The molecular weight excluding hydrogens is 426 g/mol. The van der Waals surface area contributed by atoms with Crippen molar-refractivity contribution >= 4 is 27.3 Å². The van der Waals surface area contributed by atoms with E-state index in [2.05, 4.69) is 5.32 Å². The van der Waals surface area contributed by atoms with Crippen LogP contribution in [0.25, 0.3) is 0 Å². The molecule has 0 bridgehead atoms. The Bertz CT molecular complexity index is 1220. The molecule has 0 saturated carbocycles. The molecule has 0 atom stereocenters. The van der Waals surface area contributed by atoms with Crippen LogP contribution in [-0.2, 0) is 15.6 Å². The first-order chi connectivity index (χ1) is 14.4. The van der Waals surface area contributed by atoms with Gasteiger partial charge in [0.2, 0.25) is 9.84 Å². The second-order valence-corrected chi connectivity index (χ2v) is 8.94. The summed E-state index contributed by atoms with van der Waals surface area (Å²) in [4.78, 5) is -0.640. The van der Waals surface area contributed by atoms with Gasteiger partial charge in [0.05, 0.1) is 10.6 Å². The average molecular weight is 443 g/mol. The number of para-hydroxylation sites is 1. The minimum Gasteiger partial charge on any atom is -0.346 e. The standard InChI is InChI=1S/C22H16F2N2O2S2/c23-18-11-5-4-8-16(18)15-29-22(26-20-13-7-6-12-19(20)24)21(14-25)30(27,28)17-9-2-1-3-10-17/h1-13,26H,15H2/b22-21+. The van der Waals surface area contributed by atoms with E-state index in [0.29, 0.717) is 5.56 Å². The predicted octanol–water partition coefficient (Wildman–Crippen LogP) is 5.48. The number of halogens is 2. The van der Waals surface area contributed by atoms with Gasteiger partial charge in [0.25, 0.3) is 0 Å². The van der Waals surface area contributed by atoms with Crippen LogP contribution >= 0.6 is 11.8 Å². The summed E-state index contributed by atoms with van der Waals surface area (Å²) >= 11 is 0.907. The molecule has 3 aromatic rings. The van der Waals surface area contributed by atoms with E-state index in [1.807, 2.05) is 0 Å². The summed E-state index contributed by atoms with van der Waals surface area (Å²) in [6, 6.07) is 20.9. The normalized spacial score (nSPS) is 12.0. The summed E-state index contributed by atoms with van der Waals surface area (Å²) in [5.74, 6) is -1.03. The van der Waals surface area contributed by atoms with Crippen molar-refractivity contribution in [3.05, 3.63) is 106 Å². The third kappa shape index (κ3) is 4.87. The van der Waals surface area contributed by atoms with Gasteiger partial charge in [-0.2, -0.15) is 5.26 Å². The van der Waals surface area contributed by atoms with Gasteiger partial charge in [-0.25, -0.2) is 17.2 Å². The smallest absolute Gasteiger partial charge is 0.219 e. The lowest BCUT2D eigenvalue weighted by atomic mass is 10.2. The number of anilines is 1. The molecule has 8 heteroatoms. The second kappa shape index (κ2) is 9.57. The minimum atomic E-state index is -4.18. The highest BCUT2D eigenvalue weighted by molar-refractivity contribution is 8.04. The maximum Gasteiger partial charge on any atom is 0.219 e. The number of hydrogen-bond donors (Lipinski definition) is 1. The molecule has 0 aromatic heterocycles. The van der Waals surface area contributed by atoms with Crippen LogP contribution in [0.4, 0.5) is 14.5 Å². The molecule has 0 aliphatic carbocycles. The van der Waals surface area contributed by atoms with Gasteiger partial charge in [-0.05, 0) is 35.9 Å². The fourth-order valence-corrected chi connectivity index (χ4v) is 5.12. The molecule has 30 heavy (non-hydrogen) atoms. The number of rotatable bonds is 7. The Hall–Kier alpha value is -3.15. The van der Waals surface area contributed by atoms with E-state index in [1.54, 1.807) is 48.5 Å². The van der Waals surface area contributed by atoms with Crippen LogP contribution in [-0.4, -0.2) is 8.42 Å². The molecule has 0 aliphatic rings. The van der Waals surface area contributed by atoms with Crippen molar-refractivity contribution in [1.29, 1.82) is 5.26 Å². The fraction of sp³-hybridized carbons (Fsp3) is 0.0455. The predicted molar refractivity (Wildman–Crippen MR) is 114 cm³/mol. The van der Waals surface area contributed by atoms with Crippen LogP contribution in [0.15, 0.2) is 93.7 Å². The summed E-state index contributed by atoms with van der Waals surface area (Å²) < 4.78 is 54.3. The molecule has 0 spiro atoms. The molecule has 3 aromatic carbocycles. The maximum atomic E-state index is 14.2. The zero-order valence-electron chi connectivity index (χ0n) is 15.5. The Labute approximate surface area is 177 Å². The monoisotopic (exact) mass is 442 g/mol. The van der Waals surface area contributed by atoms with Crippen molar-refractivity contribution in [3.8, 4) is 6.07 Å². The Morgan fingerprint density at radius 1 is 0.900 bits per heavy atom. The van der Waals surface area contributed by atoms with Crippen molar-refractivity contribution in [2.75, 3.05) is 5.32 Å². The maximum absolute atomic E-state index is 14.2. The fourth-order valence-electron chi connectivity index (χ4n) is 2.56. The Morgan fingerprint density at radius 3 is 2.13 bits per heavy atom. The summed E-state index contributed by atoms with van der Waals surface area (Å²) in [7, 11) is -4.18. The van der Waals surface area contributed by atoms with Crippen molar-refractivity contribution < 1.29 is 17.2 Å². The molecule has 1 N–H and O–H groups in total. The Morgan fingerprint density at radius 2 is 1.50 bits per heavy atom. The molecule has 0 fully saturated rings. The van der Waals surface area contributed by atoms with Gasteiger partial charge < -0.3 is 5.32 Å². The number of thioether (sulfide) groups is 1. The van der Waals surface area contributed by atoms with Gasteiger partial charge in [0, 0.05) is 5.75 Å². The van der Waals surface area contributed by atoms with E-state index >= 15 is 0 Å². The number of sulfone groups is 1. The van der Waals surface area contributed by atoms with E-state index in [1.165, 1.54) is 36.4 Å². The Kier molecular flexibility index (Phi) is 6.87. The van der Waals surface area contributed by atoms with Gasteiger partial charge in [0.15, 0.2) is 4.91 Å². The van der Waals surface area contributed by atoms with Crippen LogP contribution < -0.4 is 5.32 Å². The van der Waals surface area contributed by atoms with Crippen LogP contribution in [0.2, 0.25) is 0 Å². The van der Waals surface area contributed by atoms with Gasteiger partial charge in [-0.3, -0.25) is 0 Å². The molecule has 0 unspecified atom stereocenters. The van der Waals surface area contributed by atoms with E-state index < -0.39 is 26.4 Å². The van der Waals surface area contributed by atoms with E-state index in [9.17, 15) is 22.5 Å². The van der Waals surface area contributed by atoms with E-state index in [0.717, 1.165) is 11.8 Å². The van der Waals surface area contributed by atoms with Gasteiger partial charge >= 0.3 is 0 Å². The molecule has 152 valence electrons. The molecule has 0 saturated heterocycles. The lowest BCUT2D eigenvalue weighted by molar-refractivity contribution is 0.603. The molecule has 4 nitrogen and oxygen atoms in total. The molecule has 0 radical (unpaired) electrons. The summed E-state index contributed by atoms with van der Waals surface area (Å²) in [5.41, 5.74) is 0.328. The quantitative estimate of drug-likeness (QED) is 0.491. The van der Waals surface area contributed by atoms with Crippen molar-refractivity contribution in [1.82, 2.24) is 0 Å². The van der Waals surface area contributed by atoms with E-state index in [4.69, 9.17) is 0 Å². The van der Waals surface area contributed by atoms with Gasteiger partial charge in [-0.1, -0.05) is 48.5 Å². The number of nitrogens with zero attached hydrogens (tertiary/aromatic N) is 1. The number of allylic oxidation sites excluding steroid dienone is 1. The lowest BCUT2D eigenvalue weighted by Gasteiger charge is -2.14. The van der Waals surface area contributed by atoms with Crippen LogP contribution in [0.5, 0.6) is 0 Å². The third-order valence-electron chi connectivity index (χ3n) is 4.08. The van der Waals surface area contributed by atoms with Gasteiger partial charge in [0.1, 0.15) is 22.7 Å². The minimum absolute atomic E-state index is 0.00421. The van der Waals surface area contributed by atoms with Crippen LogP contribution in [0.3, 0.4) is 0 Å². The molecule has 3 rings (SSSR count). The Balaban J connectivity index is 2.07. The lowest BCUT2D eigenvalue weighted by Crippen LogP contribution is -2.11. The molecule has 0 heterocycles. The van der Waals surface area contributed by atoms with Crippen LogP contribution in [0.1, 0.15) is 5.56 Å². The number of nitrogens with one attached hydrogen (secondary N) is 1. The first-order valence-electron chi connectivity index (χ1n) is 8.75. The van der Waals surface area contributed by atoms with Crippen molar-refractivity contribution in [2.45, 2.75) is 10.6 Å². The summed E-state index contributed by atoms with van der Waals surface area (Å²) in [5, 5.41) is 12.3. The van der Waals surface area contributed by atoms with E-state index in [-0.39, 0.29) is 21.4 Å². The van der Waals surface area contributed by atoms with Gasteiger partial charge in [-0.15, -0.1) is 11.8 Å². The largest absolute Gasteiger partial charge is 0.346 e. The first-order valence-corrected chi connectivity index (χ1v) is 11.2. The highest BCUT2D eigenvalue weighted by Gasteiger charge is 2.26. The highest BCUT2D eigenvalue weighted by atomic mass is 32.2. The number of hydrogen-bond acceptors (Lipinski definition) is 5. The topological polar surface area (TPSA) is 70.0 Å². The molecular formula is C22H16F2N2O2S2. The zero-order valence-corrected chi connectivity index (χ0v) is 17.2. The second-order valence-electron chi connectivity index (χ2n) is 6.07. The first kappa shape index (κ1) is 21.6. The highest BCUT2D eigenvalue weighted by Crippen LogP contribution is 2.32. The van der Waals surface area contributed by atoms with Crippen molar-refractivity contribution in [2.24, 2.45) is 0 Å². The molecule has 0 aliphatic heterocycles. The summed E-state index contributed by atoms with van der Waals surface area (Å²) in [6.07, 6.45) is 0. The van der Waals surface area contributed by atoms with Crippen LogP contribution in [0, 0.1) is 23.0 Å². The van der Waals surface area contributed by atoms with Crippen molar-refractivity contribution in [3.63, 3.8) is 0 Å². The SMILES string of the molecule is N#C/C(=C(/Nc1ccccc1F)SCc1ccccc1F)S(=O)(=O)c1ccccc1. The number of benzene rings is 3.